The number of amides is 2. The lowest BCUT2D eigenvalue weighted by molar-refractivity contribution is -0.132. The molecule has 1 aromatic carbocycles. The van der Waals surface area contributed by atoms with E-state index in [4.69, 9.17) is 5.73 Å². The summed E-state index contributed by atoms with van der Waals surface area (Å²) in [6.45, 7) is 2.06. The number of halogens is 1. The van der Waals surface area contributed by atoms with Crippen molar-refractivity contribution in [1.29, 1.82) is 0 Å². The predicted molar refractivity (Wildman–Crippen MR) is 94.5 cm³/mol. The summed E-state index contributed by atoms with van der Waals surface area (Å²) in [4.78, 5) is 28.3. The number of carbonyl (C=O) groups is 2. The van der Waals surface area contributed by atoms with Gasteiger partial charge in [-0.15, -0.1) is 0 Å². The van der Waals surface area contributed by atoms with Crippen LogP contribution in [0.3, 0.4) is 0 Å². The van der Waals surface area contributed by atoms with Gasteiger partial charge in [-0.2, -0.15) is 11.8 Å². The van der Waals surface area contributed by atoms with Crippen LogP contribution in [0.1, 0.15) is 23.2 Å². The summed E-state index contributed by atoms with van der Waals surface area (Å²) in [6, 6.07) is 5.21. The average Bonchev–Trinajstić information content (AvgIpc) is 2.84. The largest absolute Gasteiger partial charge is 0.340 e. The Balaban J connectivity index is 1.95. The quantitative estimate of drug-likeness (QED) is 0.873. The number of thioether (sulfide) groups is 1. The molecule has 0 bridgehead atoms. The Kier molecular flexibility index (Phi) is 7.05. The average molecular weight is 353 g/mol. The zero-order valence-electron chi connectivity index (χ0n) is 13.9. The van der Waals surface area contributed by atoms with Crippen molar-refractivity contribution in [2.45, 2.75) is 18.9 Å². The van der Waals surface area contributed by atoms with Crippen LogP contribution in [0.2, 0.25) is 0 Å². The number of benzene rings is 1. The molecule has 1 aromatic rings. The van der Waals surface area contributed by atoms with Crippen LogP contribution in [0.4, 0.5) is 4.39 Å². The number of hydrogen-bond donors (Lipinski definition) is 1. The molecule has 0 aromatic heterocycles. The van der Waals surface area contributed by atoms with Crippen LogP contribution in [0.15, 0.2) is 24.3 Å². The van der Waals surface area contributed by atoms with Gasteiger partial charge in [-0.1, -0.05) is 6.07 Å². The van der Waals surface area contributed by atoms with Gasteiger partial charge in [0.05, 0.1) is 6.04 Å². The second-order valence-corrected chi connectivity index (χ2v) is 6.85. The first-order valence-electron chi connectivity index (χ1n) is 8.11. The van der Waals surface area contributed by atoms with Crippen molar-refractivity contribution in [2.24, 2.45) is 5.73 Å². The highest BCUT2D eigenvalue weighted by Gasteiger charge is 2.25. The lowest BCUT2D eigenvalue weighted by Gasteiger charge is -2.24. The summed E-state index contributed by atoms with van der Waals surface area (Å²) in [5.74, 6) is 0.178. The Morgan fingerprint density at radius 1 is 1.25 bits per heavy atom. The van der Waals surface area contributed by atoms with Gasteiger partial charge in [0.15, 0.2) is 0 Å². The van der Waals surface area contributed by atoms with Gasteiger partial charge < -0.3 is 15.5 Å². The Hall–Kier alpha value is -1.60. The standard InChI is InChI=1S/C17H24FN3O2S/c1-24-11-6-15(19)17(23)21-8-3-7-20(9-10-21)16(22)13-4-2-5-14(18)12-13/h2,4-5,12,15H,3,6-11,19H2,1H3/t15-/m0/s1. The van der Waals surface area contributed by atoms with Gasteiger partial charge in [-0.3, -0.25) is 9.59 Å². The van der Waals surface area contributed by atoms with Crippen LogP contribution < -0.4 is 5.73 Å². The molecule has 7 heteroatoms. The van der Waals surface area contributed by atoms with E-state index in [0.29, 0.717) is 44.6 Å². The summed E-state index contributed by atoms with van der Waals surface area (Å²) in [5.41, 5.74) is 6.30. The molecule has 0 unspecified atom stereocenters. The van der Waals surface area contributed by atoms with E-state index in [1.54, 1.807) is 27.6 Å². The minimum atomic E-state index is -0.483. The third-order valence-corrected chi connectivity index (χ3v) is 4.76. The van der Waals surface area contributed by atoms with Gasteiger partial charge in [-0.25, -0.2) is 4.39 Å². The minimum absolute atomic E-state index is 0.0518. The van der Waals surface area contributed by atoms with Gasteiger partial charge >= 0.3 is 0 Å². The van der Waals surface area contributed by atoms with Crippen molar-refractivity contribution in [3.05, 3.63) is 35.6 Å². The van der Waals surface area contributed by atoms with E-state index in [2.05, 4.69) is 0 Å². The fraction of sp³-hybridized carbons (Fsp3) is 0.529. The van der Waals surface area contributed by atoms with Crippen LogP contribution in [0.5, 0.6) is 0 Å². The van der Waals surface area contributed by atoms with Gasteiger partial charge in [0.25, 0.3) is 5.91 Å². The van der Waals surface area contributed by atoms with Crippen molar-refractivity contribution >= 4 is 23.6 Å². The summed E-state index contributed by atoms with van der Waals surface area (Å²) in [5, 5.41) is 0. The number of hydrogen-bond acceptors (Lipinski definition) is 4. The van der Waals surface area contributed by atoms with E-state index in [-0.39, 0.29) is 11.8 Å². The molecular formula is C17H24FN3O2S. The maximum Gasteiger partial charge on any atom is 0.254 e. The molecule has 2 N–H and O–H groups in total. The highest BCUT2D eigenvalue weighted by molar-refractivity contribution is 7.98. The number of carbonyl (C=O) groups excluding carboxylic acids is 2. The molecule has 5 nitrogen and oxygen atoms in total. The fourth-order valence-electron chi connectivity index (χ4n) is 2.75. The third kappa shape index (κ3) is 4.95. The van der Waals surface area contributed by atoms with Gasteiger partial charge in [0, 0.05) is 31.7 Å². The lowest BCUT2D eigenvalue weighted by Crippen LogP contribution is -2.45. The molecule has 0 radical (unpaired) electrons. The van der Waals surface area contributed by atoms with Crippen LogP contribution >= 0.6 is 11.8 Å². The topological polar surface area (TPSA) is 66.6 Å². The first kappa shape index (κ1) is 18.7. The molecule has 2 rings (SSSR count). The van der Waals surface area contributed by atoms with E-state index in [1.165, 1.54) is 18.2 Å². The van der Waals surface area contributed by atoms with Crippen LogP contribution in [0.25, 0.3) is 0 Å². The van der Waals surface area contributed by atoms with Crippen molar-refractivity contribution < 1.29 is 14.0 Å². The molecule has 1 fully saturated rings. The summed E-state index contributed by atoms with van der Waals surface area (Å²) >= 11 is 1.67. The highest BCUT2D eigenvalue weighted by Crippen LogP contribution is 2.12. The Morgan fingerprint density at radius 2 is 1.96 bits per heavy atom. The summed E-state index contributed by atoms with van der Waals surface area (Å²) in [7, 11) is 0. The Morgan fingerprint density at radius 3 is 2.67 bits per heavy atom. The van der Waals surface area contributed by atoms with Crippen LogP contribution in [-0.2, 0) is 4.79 Å². The zero-order valence-corrected chi connectivity index (χ0v) is 14.7. The molecule has 1 aliphatic rings. The van der Waals surface area contributed by atoms with E-state index in [0.717, 1.165) is 5.75 Å². The predicted octanol–water partition coefficient (Wildman–Crippen LogP) is 1.58. The normalized spacial score (nSPS) is 16.6. The van der Waals surface area contributed by atoms with Crippen molar-refractivity contribution in [2.75, 3.05) is 38.2 Å². The highest BCUT2D eigenvalue weighted by atomic mass is 32.2. The van der Waals surface area contributed by atoms with Crippen molar-refractivity contribution in [3.8, 4) is 0 Å². The smallest absolute Gasteiger partial charge is 0.254 e. The zero-order chi connectivity index (χ0) is 17.5. The SMILES string of the molecule is CSCC[C@H](N)C(=O)N1CCCN(C(=O)c2cccc(F)c2)CC1. The molecule has 132 valence electrons. The third-order valence-electron chi connectivity index (χ3n) is 4.12. The molecule has 0 aliphatic carbocycles. The second-order valence-electron chi connectivity index (χ2n) is 5.87. The van der Waals surface area contributed by atoms with Gasteiger partial charge in [0.2, 0.25) is 5.91 Å². The van der Waals surface area contributed by atoms with E-state index in [1.807, 2.05) is 6.26 Å². The minimum Gasteiger partial charge on any atom is -0.340 e. The number of rotatable bonds is 5. The number of nitrogens with two attached hydrogens (primary N) is 1. The molecule has 24 heavy (non-hydrogen) atoms. The molecule has 2 amide bonds. The first-order valence-corrected chi connectivity index (χ1v) is 9.50. The van der Waals surface area contributed by atoms with E-state index in [9.17, 15) is 14.0 Å². The summed E-state index contributed by atoms with van der Waals surface area (Å²) < 4.78 is 13.3. The van der Waals surface area contributed by atoms with Crippen molar-refractivity contribution in [3.63, 3.8) is 0 Å². The Bertz CT molecular complexity index is 585. The van der Waals surface area contributed by atoms with Crippen LogP contribution in [-0.4, -0.2) is 65.8 Å². The summed E-state index contributed by atoms with van der Waals surface area (Å²) in [6.07, 6.45) is 3.34. The molecular weight excluding hydrogens is 329 g/mol. The molecule has 1 heterocycles. The van der Waals surface area contributed by atoms with Crippen LogP contribution in [0, 0.1) is 5.82 Å². The molecule has 1 atom stereocenters. The maximum atomic E-state index is 13.3. The van der Waals surface area contributed by atoms with Crippen molar-refractivity contribution in [1.82, 2.24) is 9.80 Å². The van der Waals surface area contributed by atoms with Gasteiger partial charge in [-0.05, 0) is 43.0 Å². The molecule has 1 saturated heterocycles. The maximum absolute atomic E-state index is 13.3. The molecule has 1 aliphatic heterocycles. The first-order chi connectivity index (χ1) is 11.5. The van der Waals surface area contributed by atoms with Gasteiger partial charge in [0.1, 0.15) is 5.82 Å². The lowest BCUT2D eigenvalue weighted by atomic mass is 10.2. The van der Waals surface area contributed by atoms with E-state index < -0.39 is 11.9 Å². The number of nitrogens with zero attached hydrogens (tertiary/aromatic N) is 2. The monoisotopic (exact) mass is 353 g/mol. The second kappa shape index (κ2) is 9.03. The Labute approximate surface area is 146 Å². The molecule has 0 saturated carbocycles. The fourth-order valence-corrected chi connectivity index (χ4v) is 3.24. The molecule has 0 spiro atoms. The van der Waals surface area contributed by atoms with E-state index >= 15 is 0 Å².